The number of amides is 1. The molecule has 1 N–H and O–H groups in total. The maximum absolute atomic E-state index is 11.8. The molecule has 0 atom stereocenters. The fraction of sp³-hybridized carbons (Fsp3) is 0.409. The normalized spacial score (nSPS) is 17.4. The van der Waals surface area contributed by atoms with Gasteiger partial charge < -0.3 is 14.5 Å². The Balaban J connectivity index is 1.31. The highest BCUT2D eigenvalue weighted by molar-refractivity contribution is 5.94. The Hall–Kier alpha value is -2.37. The molecule has 142 valence electrons. The van der Waals surface area contributed by atoms with Gasteiger partial charge in [0.05, 0.1) is 6.54 Å². The topological polar surface area (TPSA) is 41.3 Å². The first kappa shape index (κ1) is 18.0. The summed E-state index contributed by atoms with van der Waals surface area (Å²) in [5.74, 6) is 1.51. The Morgan fingerprint density at radius 3 is 2.22 bits per heavy atom. The lowest BCUT2D eigenvalue weighted by molar-refractivity contribution is -0.813. The second-order valence-corrected chi connectivity index (χ2v) is 7.64. The maximum atomic E-state index is 11.8. The Morgan fingerprint density at radius 2 is 1.67 bits per heavy atom. The molecule has 0 radical (unpaired) electrons. The molecule has 27 heavy (non-hydrogen) atoms. The van der Waals surface area contributed by atoms with Crippen LogP contribution < -0.4 is 10.1 Å². The molecule has 2 aromatic carbocycles. The zero-order valence-corrected chi connectivity index (χ0v) is 16.0. The van der Waals surface area contributed by atoms with Gasteiger partial charge in [-0.3, -0.25) is 9.69 Å². The van der Waals surface area contributed by atoms with E-state index in [-0.39, 0.29) is 5.91 Å². The van der Waals surface area contributed by atoms with Crippen LogP contribution in [0.5, 0.6) is 11.5 Å². The van der Waals surface area contributed by atoms with E-state index >= 15 is 0 Å². The number of hydrogen-bond donors (Lipinski definition) is 1. The Bertz CT molecular complexity index is 778. The molecule has 2 saturated heterocycles. The van der Waals surface area contributed by atoms with E-state index in [1.807, 2.05) is 31.2 Å². The minimum Gasteiger partial charge on any atom is -0.457 e. The van der Waals surface area contributed by atoms with Crippen LogP contribution in [-0.2, 0) is 6.54 Å². The van der Waals surface area contributed by atoms with Gasteiger partial charge in [-0.15, -0.1) is 0 Å². The summed E-state index contributed by atoms with van der Waals surface area (Å²) in [5, 5.41) is 2.80. The lowest BCUT2D eigenvalue weighted by atomic mass is 10.2. The van der Waals surface area contributed by atoms with Crippen molar-refractivity contribution in [3.05, 3.63) is 59.7 Å². The molecule has 5 heteroatoms. The lowest BCUT2D eigenvalue weighted by Gasteiger charge is -2.19. The average molecular weight is 366 g/mol. The summed E-state index contributed by atoms with van der Waals surface area (Å²) in [4.78, 5) is 14.3. The number of rotatable bonds is 9. The number of quaternary nitrogens is 1. The van der Waals surface area contributed by atoms with E-state index in [2.05, 4.69) is 22.3 Å². The van der Waals surface area contributed by atoms with Crippen LogP contribution in [0.1, 0.15) is 22.8 Å². The molecule has 2 aliphatic heterocycles. The Kier molecular flexibility index (Phi) is 5.14. The minimum atomic E-state index is -0.0565. The van der Waals surface area contributed by atoms with E-state index in [4.69, 9.17) is 4.74 Å². The summed E-state index contributed by atoms with van der Waals surface area (Å²) in [7, 11) is 0. The highest BCUT2D eigenvalue weighted by Gasteiger charge is 2.42. The second kappa shape index (κ2) is 7.71. The molecule has 0 aromatic heterocycles. The van der Waals surface area contributed by atoms with E-state index in [1.54, 1.807) is 12.1 Å². The number of nitrogens with zero attached hydrogens (tertiary/aromatic N) is 2. The fourth-order valence-electron chi connectivity index (χ4n) is 3.37. The summed E-state index contributed by atoms with van der Waals surface area (Å²) in [6.45, 7) is 11.4. The van der Waals surface area contributed by atoms with Gasteiger partial charge in [0, 0.05) is 37.3 Å². The second-order valence-electron chi connectivity index (χ2n) is 7.64. The average Bonchev–Trinajstić information content (AvgIpc) is 3.59. The van der Waals surface area contributed by atoms with Crippen molar-refractivity contribution in [2.45, 2.75) is 13.5 Å². The molecular formula is C22H28N3O2+. The van der Waals surface area contributed by atoms with Crippen LogP contribution >= 0.6 is 0 Å². The third-order valence-electron chi connectivity index (χ3n) is 5.42. The smallest absolute Gasteiger partial charge is 0.251 e. The van der Waals surface area contributed by atoms with Crippen molar-refractivity contribution in [1.82, 2.24) is 10.2 Å². The molecule has 2 aromatic rings. The van der Waals surface area contributed by atoms with E-state index in [9.17, 15) is 4.79 Å². The molecule has 2 aliphatic rings. The van der Waals surface area contributed by atoms with E-state index in [0.717, 1.165) is 18.0 Å². The van der Waals surface area contributed by atoms with Crippen LogP contribution in [0.25, 0.3) is 0 Å². The monoisotopic (exact) mass is 366 g/mol. The summed E-state index contributed by atoms with van der Waals surface area (Å²) < 4.78 is 7.15. The minimum absolute atomic E-state index is 0.0565. The van der Waals surface area contributed by atoms with Gasteiger partial charge >= 0.3 is 0 Å². The molecule has 5 nitrogen and oxygen atoms in total. The number of carbonyl (C=O) groups excluding carboxylic acids is 1. The third kappa shape index (κ3) is 4.87. The van der Waals surface area contributed by atoms with Crippen molar-refractivity contribution in [1.29, 1.82) is 0 Å². The number of ether oxygens (including phenoxy) is 1. The molecule has 2 fully saturated rings. The van der Waals surface area contributed by atoms with Crippen LogP contribution in [0.2, 0.25) is 0 Å². The quantitative estimate of drug-likeness (QED) is 0.548. The van der Waals surface area contributed by atoms with Crippen molar-refractivity contribution >= 4 is 5.91 Å². The first-order chi connectivity index (χ1) is 13.2. The molecule has 4 rings (SSSR count). The molecule has 0 bridgehead atoms. The van der Waals surface area contributed by atoms with Gasteiger partial charge in [0.2, 0.25) is 0 Å². The molecule has 0 spiro atoms. The Labute approximate surface area is 161 Å². The molecule has 0 aliphatic carbocycles. The van der Waals surface area contributed by atoms with Crippen LogP contribution in [-0.4, -0.2) is 61.1 Å². The highest BCUT2D eigenvalue weighted by Crippen LogP contribution is 2.28. The molecule has 0 unspecified atom stereocenters. The highest BCUT2D eigenvalue weighted by atomic mass is 16.5. The van der Waals surface area contributed by atoms with Crippen molar-refractivity contribution in [2.75, 3.05) is 45.8 Å². The summed E-state index contributed by atoms with van der Waals surface area (Å²) in [5.41, 5.74) is 2.02. The first-order valence-electron chi connectivity index (χ1n) is 9.88. The molecule has 1 amide bonds. The summed E-state index contributed by atoms with van der Waals surface area (Å²) in [6, 6.07) is 15.7. The van der Waals surface area contributed by atoms with Gasteiger partial charge in [-0.2, -0.15) is 0 Å². The largest absolute Gasteiger partial charge is 0.457 e. The number of benzene rings is 2. The van der Waals surface area contributed by atoms with Crippen LogP contribution in [0, 0.1) is 0 Å². The number of nitrogens with one attached hydrogen (secondary N) is 1. The molecule has 2 heterocycles. The van der Waals surface area contributed by atoms with Crippen molar-refractivity contribution < 1.29 is 14.0 Å². The standard InChI is InChI=1S/C22H27N3O2/c1-2-23-22(26)19-5-9-21(10-6-19)27-20-7-3-18(4-8-20)17-25(15-16-25)14-13-24-11-12-24/h3-10H,2,11-17H2,1H3/p+1. The van der Waals surface area contributed by atoms with Crippen molar-refractivity contribution in [3.8, 4) is 11.5 Å². The van der Waals surface area contributed by atoms with Crippen molar-refractivity contribution in [3.63, 3.8) is 0 Å². The van der Waals surface area contributed by atoms with Crippen LogP contribution in [0.15, 0.2) is 48.5 Å². The van der Waals surface area contributed by atoms with E-state index in [0.29, 0.717) is 12.1 Å². The molecule has 0 saturated carbocycles. The number of carbonyl (C=O) groups is 1. The van der Waals surface area contributed by atoms with Gasteiger partial charge in [0.25, 0.3) is 5.91 Å². The van der Waals surface area contributed by atoms with Crippen LogP contribution in [0.3, 0.4) is 0 Å². The van der Waals surface area contributed by atoms with Crippen molar-refractivity contribution in [2.24, 2.45) is 0 Å². The van der Waals surface area contributed by atoms with Crippen LogP contribution in [0.4, 0.5) is 0 Å². The SMILES string of the molecule is CCNC(=O)c1ccc(Oc2ccc(C[N+]3(CCN4CC4)CC3)cc2)cc1. The zero-order valence-electron chi connectivity index (χ0n) is 16.0. The fourth-order valence-corrected chi connectivity index (χ4v) is 3.37. The predicted molar refractivity (Wildman–Crippen MR) is 106 cm³/mol. The predicted octanol–water partition coefficient (Wildman–Crippen LogP) is 2.87. The van der Waals surface area contributed by atoms with E-state index < -0.39 is 0 Å². The zero-order chi connectivity index (χ0) is 18.7. The lowest BCUT2D eigenvalue weighted by Crippen LogP contribution is -2.30. The van der Waals surface area contributed by atoms with Gasteiger partial charge in [0.1, 0.15) is 31.1 Å². The maximum Gasteiger partial charge on any atom is 0.251 e. The Morgan fingerprint density at radius 1 is 1.04 bits per heavy atom. The number of hydrogen-bond acceptors (Lipinski definition) is 3. The molecular weight excluding hydrogens is 338 g/mol. The van der Waals surface area contributed by atoms with E-state index in [1.165, 1.54) is 49.3 Å². The van der Waals surface area contributed by atoms with Gasteiger partial charge in [-0.05, 0) is 55.5 Å². The van der Waals surface area contributed by atoms with Gasteiger partial charge in [-0.25, -0.2) is 0 Å². The third-order valence-corrected chi connectivity index (χ3v) is 5.42. The first-order valence-corrected chi connectivity index (χ1v) is 9.88. The van der Waals surface area contributed by atoms with Gasteiger partial charge in [0.15, 0.2) is 0 Å². The summed E-state index contributed by atoms with van der Waals surface area (Å²) in [6.07, 6.45) is 0. The van der Waals surface area contributed by atoms with Gasteiger partial charge in [-0.1, -0.05) is 0 Å². The summed E-state index contributed by atoms with van der Waals surface area (Å²) >= 11 is 0.